The van der Waals surface area contributed by atoms with Crippen LogP contribution in [0.15, 0.2) is 24.4 Å². The second-order valence-electron chi connectivity index (χ2n) is 7.58. The van der Waals surface area contributed by atoms with Crippen molar-refractivity contribution in [2.45, 2.75) is 38.8 Å². The van der Waals surface area contributed by atoms with E-state index in [0.29, 0.717) is 43.1 Å². The first-order valence-electron chi connectivity index (χ1n) is 9.73. The summed E-state index contributed by atoms with van der Waals surface area (Å²) in [5, 5.41) is 10.3. The normalized spacial score (nSPS) is 21.3. The minimum absolute atomic E-state index is 0.119. The number of amides is 1. The molecule has 1 saturated heterocycles. The molecule has 150 valence electrons. The second-order valence-corrected chi connectivity index (χ2v) is 7.58. The molecule has 0 spiro atoms. The lowest BCUT2D eigenvalue weighted by atomic mass is 9.92. The van der Waals surface area contributed by atoms with Crippen molar-refractivity contribution in [2.24, 2.45) is 0 Å². The van der Waals surface area contributed by atoms with Crippen molar-refractivity contribution in [1.82, 2.24) is 9.88 Å². The Kier molecular flexibility index (Phi) is 5.27. The predicted molar refractivity (Wildman–Crippen MR) is 108 cm³/mol. The van der Waals surface area contributed by atoms with Crippen LogP contribution < -0.4 is 4.74 Å². The predicted octanol–water partition coefficient (Wildman–Crippen LogP) is 2.21. The summed E-state index contributed by atoms with van der Waals surface area (Å²) in [7, 11) is 0. The highest BCUT2D eigenvalue weighted by atomic mass is 16.5. The Bertz CT molecular complexity index is 978. The Hall–Kier alpha value is -2.88. The molecule has 3 heterocycles. The number of fused-ring (bicyclic) bond motifs is 1. The maximum absolute atomic E-state index is 13.3. The zero-order valence-corrected chi connectivity index (χ0v) is 16.6. The van der Waals surface area contributed by atoms with Crippen molar-refractivity contribution in [2.75, 3.05) is 19.9 Å². The van der Waals surface area contributed by atoms with Gasteiger partial charge in [0.25, 0.3) is 5.91 Å². The number of pyridine rings is 1. The number of benzene rings is 1. The van der Waals surface area contributed by atoms with Crippen LogP contribution >= 0.6 is 0 Å². The molecule has 2 aliphatic heterocycles. The molecule has 0 saturated carbocycles. The first-order valence-corrected chi connectivity index (χ1v) is 9.73. The van der Waals surface area contributed by atoms with E-state index < -0.39 is 12.1 Å². The van der Waals surface area contributed by atoms with Crippen molar-refractivity contribution in [1.29, 1.82) is 0 Å². The van der Waals surface area contributed by atoms with Gasteiger partial charge in [0.05, 0.1) is 24.3 Å². The van der Waals surface area contributed by atoms with Gasteiger partial charge in [0.2, 0.25) is 0 Å². The Labute approximate surface area is 170 Å². The fourth-order valence-electron chi connectivity index (χ4n) is 3.93. The van der Waals surface area contributed by atoms with Gasteiger partial charge in [-0.1, -0.05) is 12.0 Å². The molecule has 0 bridgehead atoms. The van der Waals surface area contributed by atoms with Gasteiger partial charge in [-0.2, -0.15) is 0 Å². The quantitative estimate of drug-likeness (QED) is 0.811. The van der Waals surface area contributed by atoms with Crippen LogP contribution in [0.1, 0.15) is 44.7 Å². The molecule has 2 aromatic rings. The first kappa shape index (κ1) is 19.4. The summed E-state index contributed by atoms with van der Waals surface area (Å²) in [4.78, 5) is 19.1. The molecule has 2 atom stereocenters. The van der Waals surface area contributed by atoms with E-state index in [1.165, 1.54) is 0 Å². The highest BCUT2D eigenvalue weighted by Crippen LogP contribution is 2.35. The maximum atomic E-state index is 13.3. The number of aromatic nitrogens is 1. The van der Waals surface area contributed by atoms with Crippen LogP contribution in [0, 0.1) is 26.2 Å². The molecule has 6 nitrogen and oxygen atoms in total. The summed E-state index contributed by atoms with van der Waals surface area (Å²) in [6, 6.07) is 5.28. The molecule has 2 aliphatic rings. The van der Waals surface area contributed by atoms with E-state index in [2.05, 4.69) is 10.9 Å². The smallest absolute Gasteiger partial charge is 0.260 e. The minimum atomic E-state index is -0.607. The topological polar surface area (TPSA) is 71.9 Å². The lowest BCUT2D eigenvalue weighted by molar-refractivity contribution is -0.0697. The van der Waals surface area contributed by atoms with Gasteiger partial charge in [-0.3, -0.25) is 9.69 Å². The standard InChI is InChI=1S/C23H24N2O4/c1-4-18-6-5-16(11-24-18)9-17-10-19-22(15(3)14(17)2)29-13-25(23(19)27)20-12-28-8-7-21(20)26/h1,5-6,10-11,20-21,26H,7-9,12-13H2,2-3H3/t20-,21-/m0/s1. The Morgan fingerprint density at radius 1 is 1.34 bits per heavy atom. The Morgan fingerprint density at radius 3 is 2.86 bits per heavy atom. The van der Waals surface area contributed by atoms with E-state index in [4.69, 9.17) is 15.9 Å². The largest absolute Gasteiger partial charge is 0.472 e. The van der Waals surface area contributed by atoms with Gasteiger partial charge in [-0.05, 0) is 61.1 Å². The highest BCUT2D eigenvalue weighted by molar-refractivity contribution is 5.99. The van der Waals surface area contributed by atoms with Crippen LogP contribution in [0.4, 0.5) is 0 Å². The fourth-order valence-corrected chi connectivity index (χ4v) is 3.93. The van der Waals surface area contributed by atoms with E-state index in [1.807, 2.05) is 32.0 Å². The third-order valence-corrected chi connectivity index (χ3v) is 5.85. The molecule has 4 rings (SSSR count). The van der Waals surface area contributed by atoms with Crippen LogP contribution in [0.25, 0.3) is 0 Å². The Morgan fingerprint density at radius 2 is 2.17 bits per heavy atom. The number of ether oxygens (including phenoxy) is 2. The van der Waals surface area contributed by atoms with E-state index in [1.54, 1.807) is 11.1 Å². The molecule has 1 N–H and O–H groups in total. The molecule has 1 aromatic heterocycles. The molecular weight excluding hydrogens is 368 g/mol. The van der Waals surface area contributed by atoms with Crippen LogP contribution in [0.2, 0.25) is 0 Å². The van der Waals surface area contributed by atoms with Gasteiger partial charge in [0.1, 0.15) is 11.4 Å². The summed E-state index contributed by atoms with van der Waals surface area (Å²) >= 11 is 0. The second kappa shape index (κ2) is 7.86. The van der Waals surface area contributed by atoms with Gasteiger partial charge in [-0.25, -0.2) is 4.98 Å². The molecule has 1 amide bonds. The van der Waals surface area contributed by atoms with Crippen molar-refractivity contribution in [3.63, 3.8) is 0 Å². The van der Waals surface area contributed by atoms with Gasteiger partial charge in [-0.15, -0.1) is 6.42 Å². The molecule has 1 aromatic carbocycles. The maximum Gasteiger partial charge on any atom is 0.260 e. The van der Waals surface area contributed by atoms with E-state index in [0.717, 1.165) is 22.3 Å². The van der Waals surface area contributed by atoms with Crippen molar-refractivity contribution >= 4 is 5.91 Å². The summed E-state index contributed by atoms with van der Waals surface area (Å²) in [6.45, 7) is 4.95. The van der Waals surface area contributed by atoms with Gasteiger partial charge >= 0.3 is 0 Å². The third kappa shape index (κ3) is 3.59. The number of terminal acetylenes is 1. The molecule has 0 radical (unpaired) electrons. The van der Waals surface area contributed by atoms with Crippen molar-refractivity contribution in [3.05, 3.63) is 57.9 Å². The fraction of sp³-hybridized carbons (Fsp3) is 0.391. The number of carbonyl (C=O) groups is 1. The number of aliphatic hydroxyl groups is 1. The van der Waals surface area contributed by atoms with Gasteiger partial charge in [0.15, 0.2) is 6.73 Å². The number of nitrogens with zero attached hydrogens (tertiary/aromatic N) is 2. The zero-order chi connectivity index (χ0) is 20.5. The Balaban J connectivity index is 1.66. The van der Waals surface area contributed by atoms with Crippen LogP contribution in [0.3, 0.4) is 0 Å². The first-order chi connectivity index (χ1) is 14.0. The van der Waals surface area contributed by atoms with Crippen LogP contribution in [-0.2, 0) is 11.2 Å². The van der Waals surface area contributed by atoms with Crippen molar-refractivity contribution < 1.29 is 19.4 Å². The number of aliphatic hydroxyl groups excluding tert-OH is 1. The van der Waals surface area contributed by atoms with Crippen molar-refractivity contribution in [3.8, 4) is 18.1 Å². The third-order valence-electron chi connectivity index (χ3n) is 5.85. The summed E-state index contributed by atoms with van der Waals surface area (Å²) in [5.41, 5.74) is 5.23. The number of hydrogen-bond acceptors (Lipinski definition) is 5. The summed E-state index contributed by atoms with van der Waals surface area (Å²) in [5.74, 6) is 3.01. The van der Waals surface area contributed by atoms with E-state index in [9.17, 15) is 9.90 Å². The molecule has 6 heteroatoms. The average Bonchev–Trinajstić information content (AvgIpc) is 2.74. The minimum Gasteiger partial charge on any atom is -0.472 e. The molecule has 1 fully saturated rings. The number of hydrogen-bond donors (Lipinski definition) is 1. The summed E-state index contributed by atoms with van der Waals surface area (Å²) in [6.07, 6.45) is 7.69. The molecule has 0 aliphatic carbocycles. The van der Waals surface area contributed by atoms with Gasteiger partial charge in [0, 0.05) is 12.8 Å². The monoisotopic (exact) mass is 392 g/mol. The molecule has 0 unspecified atom stereocenters. The highest BCUT2D eigenvalue weighted by Gasteiger charge is 2.37. The molecular formula is C23H24N2O4. The lowest BCUT2D eigenvalue weighted by Crippen LogP contribution is -2.55. The van der Waals surface area contributed by atoms with E-state index in [-0.39, 0.29) is 12.6 Å². The summed E-state index contributed by atoms with van der Waals surface area (Å²) < 4.78 is 11.4. The number of carbonyl (C=O) groups excluding carboxylic acids is 1. The lowest BCUT2D eigenvalue weighted by Gasteiger charge is -2.40. The molecule has 29 heavy (non-hydrogen) atoms. The number of rotatable bonds is 3. The van der Waals surface area contributed by atoms with Crippen LogP contribution in [0.5, 0.6) is 5.75 Å². The SMILES string of the molecule is C#Cc1ccc(Cc2cc3c(c(C)c2C)OCN([C@H]2COCC[C@@H]2O)C3=O)cn1. The van der Waals surface area contributed by atoms with Gasteiger partial charge < -0.3 is 14.6 Å². The van der Waals surface area contributed by atoms with Crippen LogP contribution in [-0.4, -0.2) is 53.0 Å². The zero-order valence-electron chi connectivity index (χ0n) is 16.6. The van der Waals surface area contributed by atoms with E-state index >= 15 is 0 Å². The average molecular weight is 392 g/mol.